The van der Waals surface area contributed by atoms with Gasteiger partial charge in [0.1, 0.15) is 17.6 Å². The number of alkyl halides is 3. The van der Waals surface area contributed by atoms with E-state index in [1.807, 2.05) is 25.1 Å². The minimum absolute atomic E-state index is 0.0393. The number of aromatic amines is 1. The molecule has 4 aromatic rings. The Bertz CT molecular complexity index is 1340. The Kier molecular flexibility index (Phi) is 5.26. The van der Waals surface area contributed by atoms with Gasteiger partial charge in [-0.3, -0.25) is 14.2 Å². The van der Waals surface area contributed by atoms with E-state index in [0.29, 0.717) is 11.0 Å². The zero-order valence-electron chi connectivity index (χ0n) is 16.5. The molecule has 31 heavy (non-hydrogen) atoms. The zero-order valence-corrected chi connectivity index (χ0v) is 16.5. The maximum atomic E-state index is 12.8. The summed E-state index contributed by atoms with van der Waals surface area (Å²) >= 11 is 0. The fourth-order valence-corrected chi connectivity index (χ4v) is 3.35. The monoisotopic (exact) mass is 429 g/mol. The minimum Gasteiger partial charge on any atom is -0.461 e. The molecule has 0 aliphatic rings. The van der Waals surface area contributed by atoms with E-state index in [2.05, 4.69) is 9.97 Å². The summed E-state index contributed by atoms with van der Waals surface area (Å²) in [6.45, 7) is 1.71. The van der Waals surface area contributed by atoms with Gasteiger partial charge in [-0.1, -0.05) is 23.8 Å². The molecule has 0 spiro atoms. The van der Waals surface area contributed by atoms with Crippen molar-refractivity contribution in [3.8, 4) is 0 Å². The van der Waals surface area contributed by atoms with Gasteiger partial charge < -0.3 is 9.72 Å². The third kappa shape index (κ3) is 4.30. The maximum Gasteiger partial charge on any atom is 0.416 e. The number of carbonyl (C=O) groups is 1. The number of ether oxygens (including phenoxy) is 1. The summed E-state index contributed by atoms with van der Waals surface area (Å²) in [5, 5.41) is 0.847. The van der Waals surface area contributed by atoms with Crippen LogP contribution in [-0.2, 0) is 28.9 Å². The number of nitrogens with zero attached hydrogens (tertiary/aromatic N) is 2. The van der Waals surface area contributed by atoms with Gasteiger partial charge in [0.2, 0.25) is 0 Å². The quantitative estimate of drug-likeness (QED) is 0.479. The highest BCUT2D eigenvalue weighted by atomic mass is 19.4. The molecular formula is C22H18F3N3O3. The van der Waals surface area contributed by atoms with Gasteiger partial charge in [0, 0.05) is 17.4 Å². The summed E-state index contributed by atoms with van der Waals surface area (Å²) in [6.07, 6.45) is -3.21. The van der Waals surface area contributed by atoms with Crippen molar-refractivity contribution in [1.29, 1.82) is 0 Å². The lowest BCUT2D eigenvalue weighted by Gasteiger charge is -2.09. The van der Waals surface area contributed by atoms with Crippen molar-refractivity contribution in [2.75, 3.05) is 0 Å². The number of halogens is 3. The minimum atomic E-state index is -4.46. The Hall–Kier alpha value is -3.62. The molecule has 0 saturated heterocycles. The lowest BCUT2D eigenvalue weighted by Crippen LogP contribution is -2.22. The molecule has 0 unspecified atom stereocenters. The molecule has 0 aliphatic carbocycles. The van der Waals surface area contributed by atoms with Crippen LogP contribution in [0.2, 0.25) is 0 Å². The molecular weight excluding hydrogens is 411 g/mol. The molecule has 6 nitrogen and oxygen atoms in total. The molecule has 2 heterocycles. The van der Waals surface area contributed by atoms with Crippen molar-refractivity contribution in [1.82, 2.24) is 14.5 Å². The van der Waals surface area contributed by atoms with Crippen LogP contribution in [0.5, 0.6) is 0 Å². The Morgan fingerprint density at radius 1 is 1.19 bits per heavy atom. The second-order valence-electron chi connectivity index (χ2n) is 7.25. The van der Waals surface area contributed by atoms with Crippen molar-refractivity contribution >= 4 is 27.9 Å². The number of hydrogen-bond donors (Lipinski definition) is 1. The van der Waals surface area contributed by atoms with E-state index in [-0.39, 0.29) is 30.7 Å². The number of aryl methyl sites for hydroxylation is 2. The van der Waals surface area contributed by atoms with Gasteiger partial charge in [0.15, 0.2) is 0 Å². The standard InChI is InChI=1S/C22H18F3N3O3/c1-13-5-6-17-16(9-13)19-20(27-17)21(30)28(12-26-19)8-7-18(29)31-11-14-3-2-4-15(10-14)22(23,24)25/h2-6,9-10,12,27H,7-8,11H2,1H3. The highest BCUT2D eigenvalue weighted by molar-refractivity contribution is 6.04. The van der Waals surface area contributed by atoms with Crippen LogP contribution in [0.15, 0.2) is 53.6 Å². The largest absolute Gasteiger partial charge is 0.461 e. The van der Waals surface area contributed by atoms with Gasteiger partial charge in [-0.2, -0.15) is 13.2 Å². The average molecular weight is 429 g/mol. The number of nitrogens with one attached hydrogen (secondary N) is 1. The predicted octanol–water partition coefficient (Wildman–Crippen LogP) is 4.34. The SMILES string of the molecule is Cc1ccc2[nH]c3c(=O)n(CCC(=O)OCc4cccc(C(F)(F)F)c4)cnc3c2c1. The first-order valence-electron chi connectivity index (χ1n) is 9.51. The van der Waals surface area contributed by atoms with E-state index in [4.69, 9.17) is 4.74 Å². The molecule has 4 rings (SSSR count). The van der Waals surface area contributed by atoms with Gasteiger partial charge in [0.25, 0.3) is 5.56 Å². The smallest absolute Gasteiger partial charge is 0.416 e. The Balaban J connectivity index is 1.43. The van der Waals surface area contributed by atoms with Gasteiger partial charge in [-0.15, -0.1) is 0 Å². The number of H-pyrrole nitrogens is 1. The van der Waals surface area contributed by atoms with Crippen LogP contribution < -0.4 is 5.56 Å². The molecule has 0 saturated carbocycles. The number of aromatic nitrogens is 3. The molecule has 0 radical (unpaired) electrons. The number of benzene rings is 2. The number of rotatable bonds is 5. The summed E-state index contributed by atoms with van der Waals surface area (Å²) in [6, 6.07) is 10.3. The first-order valence-corrected chi connectivity index (χ1v) is 9.51. The van der Waals surface area contributed by atoms with Crippen molar-refractivity contribution in [3.05, 3.63) is 75.8 Å². The molecule has 2 aromatic heterocycles. The van der Waals surface area contributed by atoms with E-state index in [1.165, 1.54) is 23.0 Å². The van der Waals surface area contributed by atoms with Gasteiger partial charge in [0.05, 0.1) is 18.3 Å². The summed E-state index contributed by atoms with van der Waals surface area (Å²) < 4.78 is 44.6. The number of carbonyl (C=O) groups excluding carboxylic acids is 1. The lowest BCUT2D eigenvalue weighted by atomic mass is 10.1. The fraction of sp³-hybridized carbons (Fsp3) is 0.227. The maximum absolute atomic E-state index is 12.8. The molecule has 0 bridgehead atoms. The predicted molar refractivity (Wildman–Crippen MR) is 108 cm³/mol. The molecule has 160 valence electrons. The van der Waals surface area contributed by atoms with Gasteiger partial charge >= 0.3 is 12.1 Å². The first-order chi connectivity index (χ1) is 14.7. The summed E-state index contributed by atoms with van der Waals surface area (Å²) in [5.41, 5.74) is 1.86. The molecule has 0 fully saturated rings. The average Bonchev–Trinajstić information content (AvgIpc) is 3.10. The van der Waals surface area contributed by atoms with Crippen molar-refractivity contribution < 1.29 is 22.7 Å². The zero-order chi connectivity index (χ0) is 22.2. The van der Waals surface area contributed by atoms with Crippen molar-refractivity contribution in [2.45, 2.75) is 32.7 Å². The van der Waals surface area contributed by atoms with Crippen LogP contribution in [0.25, 0.3) is 21.9 Å². The van der Waals surface area contributed by atoms with Crippen LogP contribution in [0.4, 0.5) is 13.2 Å². The van der Waals surface area contributed by atoms with Crippen molar-refractivity contribution in [2.24, 2.45) is 0 Å². The molecule has 0 amide bonds. The van der Waals surface area contributed by atoms with Crippen LogP contribution in [0.1, 0.15) is 23.1 Å². The first kappa shape index (κ1) is 20.6. The second-order valence-corrected chi connectivity index (χ2v) is 7.25. The van der Waals surface area contributed by atoms with E-state index >= 15 is 0 Å². The van der Waals surface area contributed by atoms with E-state index < -0.39 is 17.7 Å². The lowest BCUT2D eigenvalue weighted by molar-refractivity contribution is -0.145. The topological polar surface area (TPSA) is 77.0 Å². The van der Waals surface area contributed by atoms with E-state index in [1.54, 1.807) is 0 Å². The molecule has 0 aliphatic heterocycles. The Morgan fingerprint density at radius 3 is 2.77 bits per heavy atom. The van der Waals surface area contributed by atoms with Gasteiger partial charge in [-0.25, -0.2) is 4.98 Å². The molecule has 0 atom stereocenters. The highest BCUT2D eigenvalue weighted by Gasteiger charge is 2.30. The van der Waals surface area contributed by atoms with Gasteiger partial charge in [-0.05, 0) is 36.8 Å². The highest BCUT2D eigenvalue weighted by Crippen LogP contribution is 2.29. The van der Waals surface area contributed by atoms with Crippen molar-refractivity contribution in [3.63, 3.8) is 0 Å². The fourth-order valence-electron chi connectivity index (χ4n) is 3.35. The third-order valence-corrected chi connectivity index (χ3v) is 4.94. The number of fused-ring (bicyclic) bond motifs is 3. The third-order valence-electron chi connectivity index (χ3n) is 4.94. The molecule has 9 heteroatoms. The van der Waals surface area contributed by atoms with E-state index in [0.717, 1.165) is 28.6 Å². The van der Waals surface area contributed by atoms with Crippen LogP contribution in [0, 0.1) is 6.92 Å². The molecule has 2 aromatic carbocycles. The van der Waals surface area contributed by atoms with Crippen LogP contribution in [-0.4, -0.2) is 20.5 Å². The Morgan fingerprint density at radius 2 is 2.00 bits per heavy atom. The summed E-state index contributed by atoms with van der Waals surface area (Å²) in [4.78, 5) is 32.2. The number of esters is 1. The van der Waals surface area contributed by atoms with E-state index in [9.17, 15) is 22.8 Å². The van der Waals surface area contributed by atoms with Crippen LogP contribution in [0.3, 0.4) is 0 Å². The normalized spacial score (nSPS) is 11.9. The second kappa shape index (κ2) is 7.90. The summed E-state index contributed by atoms with van der Waals surface area (Å²) in [7, 11) is 0. The van der Waals surface area contributed by atoms with Crippen LogP contribution >= 0.6 is 0 Å². The molecule has 1 N–H and O–H groups in total. The summed E-state index contributed by atoms with van der Waals surface area (Å²) in [5.74, 6) is -0.628. The number of hydrogen-bond acceptors (Lipinski definition) is 4. The Labute approximate surface area is 174 Å².